The van der Waals surface area contributed by atoms with Gasteiger partial charge in [0.05, 0.1) is 32.9 Å². The van der Waals surface area contributed by atoms with E-state index in [1.165, 1.54) is 11.9 Å². The minimum Gasteiger partial charge on any atom is -0.461 e. The van der Waals surface area contributed by atoms with Crippen molar-refractivity contribution in [1.29, 1.82) is 0 Å². The van der Waals surface area contributed by atoms with Crippen LogP contribution in [0.25, 0.3) is 0 Å². The van der Waals surface area contributed by atoms with Gasteiger partial charge in [0.1, 0.15) is 11.5 Å². The van der Waals surface area contributed by atoms with Crippen molar-refractivity contribution in [3.8, 4) is 0 Å². The van der Waals surface area contributed by atoms with Crippen molar-refractivity contribution < 1.29 is 27.4 Å². The number of nitrogens with zero attached hydrogens (tertiary/aromatic N) is 2. The van der Waals surface area contributed by atoms with Crippen molar-refractivity contribution in [2.75, 3.05) is 32.9 Å². The molecule has 0 amide bonds. The fraction of sp³-hybridized carbons (Fsp3) is 0.467. The molecule has 126 valence electrons. The van der Waals surface area contributed by atoms with E-state index in [9.17, 15) is 18.0 Å². The number of morpholine rings is 1. The number of carbonyl (C=O) groups is 1. The maximum absolute atomic E-state index is 14.5. The summed E-state index contributed by atoms with van der Waals surface area (Å²) in [6.07, 6.45) is 0. The number of carbonyl (C=O) groups excluding carboxylic acids is 1. The van der Waals surface area contributed by atoms with Gasteiger partial charge < -0.3 is 9.47 Å². The van der Waals surface area contributed by atoms with Crippen LogP contribution in [-0.2, 0) is 14.3 Å². The Bertz CT molecular complexity index is 570. The van der Waals surface area contributed by atoms with Crippen LogP contribution in [-0.4, -0.2) is 55.5 Å². The highest BCUT2D eigenvalue weighted by atomic mass is 19.3. The second-order valence-corrected chi connectivity index (χ2v) is 4.82. The highest BCUT2D eigenvalue weighted by molar-refractivity contribution is 6.16. The number of rotatable bonds is 5. The number of ether oxygens (including phenoxy) is 2. The fourth-order valence-electron chi connectivity index (χ4n) is 2.02. The third-order valence-electron chi connectivity index (χ3n) is 3.18. The lowest BCUT2D eigenvalue weighted by Crippen LogP contribution is -2.43. The van der Waals surface area contributed by atoms with Crippen molar-refractivity contribution in [1.82, 2.24) is 5.01 Å². The van der Waals surface area contributed by atoms with E-state index in [1.807, 2.05) is 0 Å². The molecule has 0 saturated carbocycles. The lowest BCUT2D eigenvalue weighted by Gasteiger charge is -2.26. The summed E-state index contributed by atoms with van der Waals surface area (Å²) in [5.74, 6) is -6.19. The lowest BCUT2D eigenvalue weighted by atomic mass is 10.0. The fourth-order valence-corrected chi connectivity index (χ4v) is 2.02. The quantitative estimate of drug-likeness (QED) is 0.613. The minimum atomic E-state index is -3.94. The predicted molar refractivity (Wildman–Crippen MR) is 76.9 cm³/mol. The van der Waals surface area contributed by atoms with Gasteiger partial charge in [-0.1, -0.05) is 0 Å². The largest absolute Gasteiger partial charge is 0.461 e. The molecule has 1 aliphatic heterocycles. The Labute approximate surface area is 131 Å². The van der Waals surface area contributed by atoms with Gasteiger partial charge in [-0.15, -0.1) is 0 Å². The summed E-state index contributed by atoms with van der Waals surface area (Å²) in [6.45, 7) is 2.61. The molecular weight excluding hydrogens is 313 g/mol. The number of hydrazone groups is 1. The van der Waals surface area contributed by atoms with Gasteiger partial charge in [0.2, 0.25) is 0 Å². The Morgan fingerprint density at radius 1 is 1.30 bits per heavy atom. The molecule has 1 aromatic carbocycles. The molecule has 8 heteroatoms. The molecule has 0 N–H and O–H groups in total. The molecule has 1 aliphatic rings. The van der Waals surface area contributed by atoms with Crippen LogP contribution in [0.3, 0.4) is 0 Å². The maximum atomic E-state index is 14.5. The smallest absolute Gasteiger partial charge is 0.386 e. The van der Waals surface area contributed by atoms with Crippen molar-refractivity contribution >= 4 is 11.7 Å². The van der Waals surface area contributed by atoms with Crippen LogP contribution in [0, 0.1) is 5.82 Å². The van der Waals surface area contributed by atoms with Gasteiger partial charge in [0, 0.05) is 5.56 Å². The summed E-state index contributed by atoms with van der Waals surface area (Å²) in [5.41, 5.74) is -0.811. The number of hydrogen-bond acceptors (Lipinski definition) is 5. The van der Waals surface area contributed by atoms with E-state index in [1.54, 1.807) is 0 Å². The monoisotopic (exact) mass is 330 g/mol. The molecule has 0 aliphatic carbocycles. The number of alkyl halides is 2. The Balaban J connectivity index is 2.39. The Morgan fingerprint density at radius 3 is 2.48 bits per heavy atom. The van der Waals surface area contributed by atoms with Crippen molar-refractivity contribution in [3.05, 3.63) is 35.6 Å². The summed E-state index contributed by atoms with van der Waals surface area (Å²) < 4.78 is 51.5. The van der Waals surface area contributed by atoms with E-state index in [0.717, 1.165) is 24.3 Å². The van der Waals surface area contributed by atoms with E-state index in [-0.39, 0.29) is 12.2 Å². The molecule has 0 radical (unpaired) electrons. The topological polar surface area (TPSA) is 51.1 Å². The van der Waals surface area contributed by atoms with Crippen molar-refractivity contribution in [2.24, 2.45) is 5.10 Å². The zero-order valence-electron chi connectivity index (χ0n) is 12.6. The molecule has 2 rings (SSSR count). The molecule has 1 heterocycles. The molecule has 0 atom stereocenters. The van der Waals surface area contributed by atoms with Crippen LogP contribution >= 0.6 is 0 Å². The molecule has 1 fully saturated rings. The highest BCUT2D eigenvalue weighted by Gasteiger charge is 2.47. The second kappa shape index (κ2) is 7.45. The van der Waals surface area contributed by atoms with Crippen molar-refractivity contribution in [3.63, 3.8) is 0 Å². The molecule has 23 heavy (non-hydrogen) atoms. The number of hydrogen-bond donors (Lipinski definition) is 0. The van der Waals surface area contributed by atoms with Gasteiger partial charge in [-0.3, -0.25) is 5.01 Å². The molecule has 1 aromatic rings. The standard InChI is InChI=1S/C15H17F3N2O3/c1-2-23-14(21)15(17,18)13(11-3-5-12(16)6-4-11)19-20-7-9-22-10-8-20/h3-6H,2,7-10H2,1H3/b19-13+. The zero-order chi connectivity index (χ0) is 16.9. The van der Waals surface area contributed by atoms with Crippen LogP contribution < -0.4 is 0 Å². The van der Waals surface area contributed by atoms with E-state index in [2.05, 4.69) is 9.84 Å². The Kier molecular flexibility index (Phi) is 5.59. The van der Waals surface area contributed by atoms with Crippen LogP contribution in [0.2, 0.25) is 0 Å². The molecule has 5 nitrogen and oxygen atoms in total. The first-order valence-corrected chi connectivity index (χ1v) is 7.18. The molecule has 0 aromatic heterocycles. The first-order chi connectivity index (χ1) is 10.9. The minimum absolute atomic E-state index is 0.0454. The molecule has 0 spiro atoms. The van der Waals surface area contributed by atoms with Crippen LogP contribution in [0.5, 0.6) is 0 Å². The maximum Gasteiger partial charge on any atom is 0.386 e. The van der Waals surface area contributed by atoms with Crippen LogP contribution in [0.15, 0.2) is 29.4 Å². The zero-order valence-corrected chi connectivity index (χ0v) is 12.6. The van der Waals surface area contributed by atoms with Crippen molar-refractivity contribution in [2.45, 2.75) is 12.8 Å². The van der Waals surface area contributed by atoms with E-state index in [0.29, 0.717) is 26.3 Å². The van der Waals surface area contributed by atoms with E-state index >= 15 is 0 Å². The summed E-state index contributed by atoms with van der Waals surface area (Å²) in [5, 5.41) is 5.31. The first-order valence-electron chi connectivity index (χ1n) is 7.18. The number of benzene rings is 1. The highest BCUT2D eigenvalue weighted by Crippen LogP contribution is 2.24. The molecule has 0 unspecified atom stereocenters. The summed E-state index contributed by atoms with van der Waals surface area (Å²) in [7, 11) is 0. The van der Waals surface area contributed by atoms with E-state index in [4.69, 9.17) is 4.74 Å². The second-order valence-electron chi connectivity index (χ2n) is 4.82. The van der Waals surface area contributed by atoms with Crippen LogP contribution in [0.1, 0.15) is 12.5 Å². The summed E-state index contributed by atoms with van der Waals surface area (Å²) >= 11 is 0. The average Bonchev–Trinajstić information content (AvgIpc) is 2.55. The Morgan fingerprint density at radius 2 is 1.91 bits per heavy atom. The van der Waals surface area contributed by atoms with E-state index < -0.39 is 23.4 Å². The molecular formula is C15H17F3N2O3. The SMILES string of the molecule is CCOC(=O)C(F)(F)/C(=N/N1CCOCC1)c1ccc(F)cc1. The molecule has 0 bridgehead atoms. The summed E-state index contributed by atoms with van der Waals surface area (Å²) in [6, 6.07) is 4.38. The predicted octanol–water partition coefficient (Wildman–Crippen LogP) is 2.06. The molecule has 1 saturated heterocycles. The van der Waals surface area contributed by atoms with Gasteiger partial charge >= 0.3 is 11.9 Å². The summed E-state index contributed by atoms with van der Waals surface area (Å²) in [4.78, 5) is 11.6. The third-order valence-corrected chi connectivity index (χ3v) is 3.18. The lowest BCUT2D eigenvalue weighted by molar-refractivity contribution is -0.162. The van der Waals surface area contributed by atoms with Gasteiger partial charge in [-0.25, -0.2) is 9.18 Å². The van der Waals surface area contributed by atoms with Gasteiger partial charge in [0.25, 0.3) is 0 Å². The number of halogens is 3. The Hall–Kier alpha value is -2.09. The first kappa shape index (κ1) is 17.3. The normalized spacial score (nSPS) is 16.3. The van der Waals surface area contributed by atoms with Gasteiger partial charge in [-0.05, 0) is 31.2 Å². The third kappa shape index (κ3) is 4.22. The van der Waals surface area contributed by atoms with Gasteiger partial charge in [-0.2, -0.15) is 13.9 Å². The van der Waals surface area contributed by atoms with Crippen LogP contribution in [0.4, 0.5) is 13.2 Å². The van der Waals surface area contributed by atoms with Gasteiger partial charge in [0.15, 0.2) is 0 Å². The average molecular weight is 330 g/mol. The number of esters is 1.